The fourth-order valence-corrected chi connectivity index (χ4v) is 2.61. The lowest BCUT2D eigenvalue weighted by molar-refractivity contribution is 0.168. The van der Waals surface area contributed by atoms with Crippen LogP contribution < -0.4 is 10.1 Å². The Kier molecular flexibility index (Phi) is 6.45. The van der Waals surface area contributed by atoms with Crippen LogP contribution in [0.4, 0.5) is 10.5 Å². The number of ether oxygens (including phenoxy) is 2. The monoisotopic (exact) mass is 341 g/mol. The van der Waals surface area contributed by atoms with Gasteiger partial charge in [-0.2, -0.15) is 0 Å². The molecule has 0 bridgehead atoms. The lowest BCUT2D eigenvalue weighted by Crippen LogP contribution is -2.15. The molecule has 134 valence electrons. The van der Waals surface area contributed by atoms with Crippen LogP contribution in [0.3, 0.4) is 0 Å². The van der Waals surface area contributed by atoms with Gasteiger partial charge in [0.2, 0.25) is 0 Å². The summed E-state index contributed by atoms with van der Waals surface area (Å²) < 4.78 is 11.0. The summed E-state index contributed by atoms with van der Waals surface area (Å²) in [7, 11) is 0. The Labute approximate surface area is 150 Å². The first-order chi connectivity index (χ1) is 11.9. The molecule has 1 N–H and O–H groups in total. The van der Waals surface area contributed by atoms with E-state index in [1.807, 2.05) is 31.2 Å². The van der Waals surface area contributed by atoms with Gasteiger partial charge in [-0.1, -0.05) is 43.7 Å². The van der Waals surface area contributed by atoms with E-state index in [1.54, 1.807) is 6.92 Å². The van der Waals surface area contributed by atoms with Crippen LogP contribution in [-0.4, -0.2) is 12.7 Å². The molecule has 25 heavy (non-hydrogen) atoms. The van der Waals surface area contributed by atoms with E-state index in [4.69, 9.17) is 9.47 Å². The van der Waals surface area contributed by atoms with Gasteiger partial charge in [-0.15, -0.1) is 0 Å². The Balaban J connectivity index is 2.22. The number of amides is 1. The van der Waals surface area contributed by atoms with Crippen LogP contribution in [0.5, 0.6) is 5.75 Å². The Morgan fingerprint density at radius 3 is 2.52 bits per heavy atom. The first kappa shape index (κ1) is 18.8. The predicted octanol–water partition coefficient (Wildman–Crippen LogP) is 5.57. The fraction of sp³-hybridized carbons (Fsp3) is 0.381. The number of nitrogens with one attached hydrogen (secondary N) is 1. The molecule has 0 radical (unpaired) electrons. The van der Waals surface area contributed by atoms with Crippen molar-refractivity contribution < 1.29 is 14.3 Å². The molecule has 4 nitrogen and oxygen atoms in total. The van der Waals surface area contributed by atoms with E-state index < -0.39 is 6.09 Å². The van der Waals surface area contributed by atoms with Gasteiger partial charge in [-0.05, 0) is 49.9 Å². The van der Waals surface area contributed by atoms with E-state index in [2.05, 4.69) is 38.2 Å². The van der Waals surface area contributed by atoms with Gasteiger partial charge in [0.15, 0.2) is 0 Å². The van der Waals surface area contributed by atoms with Crippen LogP contribution in [0.15, 0.2) is 36.4 Å². The Morgan fingerprint density at radius 1 is 1.12 bits per heavy atom. The van der Waals surface area contributed by atoms with E-state index in [0.29, 0.717) is 24.8 Å². The van der Waals surface area contributed by atoms with Crippen molar-refractivity contribution in [1.29, 1.82) is 0 Å². The van der Waals surface area contributed by atoms with Crippen LogP contribution in [0.1, 0.15) is 48.9 Å². The first-order valence-electron chi connectivity index (χ1n) is 8.67. The largest absolute Gasteiger partial charge is 0.489 e. The van der Waals surface area contributed by atoms with Crippen LogP contribution in [0.2, 0.25) is 0 Å². The number of hydrogen-bond donors (Lipinski definition) is 1. The molecular weight excluding hydrogens is 314 g/mol. The first-order valence-corrected chi connectivity index (χ1v) is 8.67. The smallest absolute Gasteiger partial charge is 0.411 e. The van der Waals surface area contributed by atoms with E-state index in [0.717, 1.165) is 16.9 Å². The van der Waals surface area contributed by atoms with E-state index in [-0.39, 0.29) is 0 Å². The quantitative estimate of drug-likeness (QED) is 0.746. The summed E-state index contributed by atoms with van der Waals surface area (Å²) in [6.07, 6.45) is -0.451. The minimum atomic E-state index is -0.451. The minimum absolute atomic E-state index is 0.338. The molecule has 0 saturated heterocycles. The summed E-state index contributed by atoms with van der Waals surface area (Å²) >= 11 is 0. The van der Waals surface area contributed by atoms with Gasteiger partial charge in [-0.3, -0.25) is 5.32 Å². The molecular formula is C21H27NO3. The van der Waals surface area contributed by atoms with Crippen LogP contribution >= 0.6 is 0 Å². The summed E-state index contributed by atoms with van der Waals surface area (Å²) in [6.45, 7) is 10.9. The third-order valence-corrected chi connectivity index (χ3v) is 4.02. The summed E-state index contributed by atoms with van der Waals surface area (Å²) in [5, 5.41) is 2.80. The van der Waals surface area contributed by atoms with Crippen molar-refractivity contribution in [1.82, 2.24) is 0 Å². The molecule has 0 aliphatic rings. The van der Waals surface area contributed by atoms with Crippen LogP contribution in [0, 0.1) is 13.8 Å². The van der Waals surface area contributed by atoms with Gasteiger partial charge in [0.05, 0.1) is 12.3 Å². The van der Waals surface area contributed by atoms with Crippen molar-refractivity contribution in [2.75, 3.05) is 11.9 Å². The maximum absolute atomic E-state index is 11.8. The average Bonchev–Trinajstić information content (AvgIpc) is 2.55. The topological polar surface area (TPSA) is 47.6 Å². The predicted molar refractivity (Wildman–Crippen MR) is 101 cm³/mol. The molecule has 0 atom stereocenters. The molecule has 4 heteroatoms. The maximum atomic E-state index is 11.8. The number of anilines is 1. The maximum Gasteiger partial charge on any atom is 0.411 e. The highest BCUT2D eigenvalue weighted by atomic mass is 16.5. The molecule has 0 unspecified atom stereocenters. The SMILES string of the molecule is CCOC(=O)Nc1ccc(C(C)C)cc1COc1ccc(C)cc1C. The molecule has 0 saturated carbocycles. The van der Waals surface area contributed by atoms with Crippen LogP contribution in [-0.2, 0) is 11.3 Å². The Bertz CT molecular complexity index is 738. The van der Waals surface area contributed by atoms with Crippen molar-refractivity contribution in [2.24, 2.45) is 0 Å². The van der Waals surface area contributed by atoms with Gasteiger partial charge >= 0.3 is 6.09 Å². The number of hydrogen-bond acceptors (Lipinski definition) is 3. The Morgan fingerprint density at radius 2 is 1.88 bits per heavy atom. The van der Waals surface area contributed by atoms with Crippen LogP contribution in [0.25, 0.3) is 0 Å². The lowest BCUT2D eigenvalue weighted by Gasteiger charge is -2.16. The number of aryl methyl sites for hydroxylation is 2. The van der Waals surface area contributed by atoms with Gasteiger partial charge in [-0.25, -0.2) is 4.79 Å². The third-order valence-electron chi connectivity index (χ3n) is 4.02. The molecule has 0 aliphatic heterocycles. The Hall–Kier alpha value is -2.49. The van der Waals surface area contributed by atoms with E-state index in [9.17, 15) is 4.79 Å². The number of benzene rings is 2. The van der Waals surface area contributed by atoms with Gasteiger partial charge in [0, 0.05) is 5.56 Å². The normalized spacial score (nSPS) is 10.6. The molecule has 2 rings (SSSR count). The van der Waals surface area contributed by atoms with Crippen molar-refractivity contribution in [2.45, 2.75) is 47.1 Å². The number of carbonyl (C=O) groups excluding carboxylic acids is 1. The highest BCUT2D eigenvalue weighted by Gasteiger charge is 2.11. The molecule has 1 amide bonds. The second-order valence-electron chi connectivity index (χ2n) is 6.47. The van der Waals surface area contributed by atoms with Crippen molar-refractivity contribution in [3.8, 4) is 5.75 Å². The zero-order valence-electron chi connectivity index (χ0n) is 15.7. The standard InChI is InChI=1S/C21H27NO3/c1-6-24-21(23)22-19-9-8-17(14(2)3)12-18(19)13-25-20-10-7-15(4)11-16(20)5/h7-12,14H,6,13H2,1-5H3,(H,22,23). The minimum Gasteiger partial charge on any atom is -0.489 e. The fourth-order valence-electron chi connectivity index (χ4n) is 2.61. The van der Waals surface area contributed by atoms with Gasteiger partial charge in [0.25, 0.3) is 0 Å². The molecule has 2 aromatic carbocycles. The lowest BCUT2D eigenvalue weighted by atomic mass is 10.00. The van der Waals surface area contributed by atoms with Crippen molar-refractivity contribution in [3.05, 3.63) is 58.7 Å². The number of carbonyl (C=O) groups is 1. The molecule has 0 aromatic heterocycles. The summed E-state index contributed by atoms with van der Waals surface area (Å²) in [6, 6.07) is 12.1. The summed E-state index contributed by atoms with van der Waals surface area (Å²) in [5.41, 5.74) is 5.15. The zero-order chi connectivity index (χ0) is 18.4. The van der Waals surface area contributed by atoms with E-state index in [1.165, 1.54) is 11.1 Å². The average molecular weight is 341 g/mol. The second kappa shape index (κ2) is 8.56. The molecule has 0 spiro atoms. The zero-order valence-corrected chi connectivity index (χ0v) is 15.7. The third kappa shape index (κ3) is 5.24. The molecule has 0 aliphatic carbocycles. The summed E-state index contributed by atoms with van der Waals surface area (Å²) in [5.74, 6) is 1.25. The summed E-state index contributed by atoms with van der Waals surface area (Å²) in [4.78, 5) is 11.8. The van der Waals surface area contributed by atoms with Crippen molar-refractivity contribution >= 4 is 11.8 Å². The van der Waals surface area contributed by atoms with E-state index >= 15 is 0 Å². The highest BCUT2D eigenvalue weighted by Crippen LogP contribution is 2.26. The van der Waals surface area contributed by atoms with Gasteiger partial charge in [0.1, 0.15) is 12.4 Å². The number of rotatable bonds is 6. The van der Waals surface area contributed by atoms with Crippen molar-refractivity contribution in [3.63, 3.8) is 0 Å². The molecule has 2 aromatic rings. The highest BCUT2D eigenvalue weighted by molar-refractivity contribution is 5.85. The second-order valence-corrected chi connectivity index (χ2v) is 6.47. The molecule has 0 fully saturated rings. The van der Waals surface area contributed by atoms with Gasteiger partial charge < -0.3 is 9.47 Å². The molecule has 0 heterocycles.